The van der Waals surface area contributed by atoms with Crippen LogP contribution in [0.2, 0.25) is 5.02 Å². The van der Waals surface area contributed by atoms with E-state index in [4.69, 9.17) is 11.6 Å². The van der Waals surface area contributed by atoms with Crippen LogP contribution in [0.3, 0.4) is 0 Å². The van der Waals surface area contributed by atoms with Crippen LogP contribution in [-0.2, 0) is 4.79 Å². The summed E-state index contributed by atoms with van der Waals surface area (Å²) in [6.45, 7) is 2.95. The Morgan fingerprint density at radius 1 is 1.28 bits per heavy atom. The second kappa shape index (κ2) is 8.65. The van der Waals surface area contributed by atoms with Crippen LogP contribution in [-0.4, -0.2) is 44.6 Å². The number of ketones is 1. The first-order chi connectivity index (χ1) is 15.5. The summed E-state index contributed by atoms with van der Waals surface area (Å²) in [6, 6.07) is 4.34. The smallest absolute Gasteiger partial charge is 0.160 e. The lowest BCUT2D eigenvalue weighted by atomic mass is 9.87. The average molecular weight is 457 g/mol. The van der Waals surface area contributed by atoms with Gasteiger partial charge in [0.25, 0.3) is 0 Å². The summed E-state index contributed by atoms with van der Waals surface area (Å²) < 4.78 is 13.8. The fourth-order valence-electron chi connectivity index (χ4n) is 4.74. The van der Waals surface area contributed by atoms with E-state index in [1.807, 2.05) is 0 Å². The molecule has 0 bridgehead atoms. The molecule has 2 aliphatic rings. The third-order valence-corrected chi connectivity index (χ3v) is 6.81. The van der Waals surface area contributed by atoms with Crippen molar-refractivity contribution in [2.45, 2.75) is 51.1 Å². The van der Waals surface area contributed by atoms with Crippen molar-refractivity contribution >= 4 is 39.9 Å². The van der Waals surface area contributed by atoms with E-state index in [0.717, 1.165) is 43.4 Å². The number of piperidine rings is 1. The van der Waals surface area contributed by atoms with Gasteiger partial charge in [0.1, 0.15) is 18.0 Å². The van der Waals surface area contributed by atoms with E-state index in [9.17, 15) is 9.18 Å². The zero-order valence-electron chi connectivity index (χ0n) is 17.9. The molecule has 9 heteroatoms. The zero-order valence-corrected chi connectivity index (χ0v) is 18.6. The SMILES string of the molecule is C[C@H]1CC[C@@H](CC(=O)[C@H](Nc2cc(F)cc(Cl)c2)C2CC2)CN1c1ncnc2[nH]ncc12. The molecular formula is C23H26ClFN6O. The number of nitrogens with zero attached hydrogens (tertiary/aromatic N) is 4. The highest BCUT2D eigenvalue weighted by Crippen LogP contribution is 2.37. The number of Topliss-reactive ketones (excluding diaryl/α,β-unsaturated/α-hetero) is 1. The molecule has 7 nitrogen and oxygen atoms in total. The number of halogens is 2. The van der Waals surface area contributed by atoms with Crippen LogP contribution in [0, 0.1) is 17.7 Å². The Morgan fingerprint density at radius 2 is 2.12 bits per heavy atom. The number of anilines is 2. The summed E-state index contributed by atoms with van der Waals surface area (Å²) in [5, 5.41) is 11.5. The van der Waals surface area contributed by atoms with Gasteiger partial charge in [0.05, 0.1) is 17.6 Å². The monoisotopic (exact) mass is 456 g/mol. The van der Waals surface area contributed by atoms with Gasteiger partial charge >= 0.3 is 0 Å². The van der Waals surface area contributed by atoms with Crippen molar-refractivity contribution < 1.29 is 9.18 Å². The summed E-state index contributed by atoms with van der Waals surface area (Å²) in [7, 11) is 0. The molecule has 168 valence electrons. The number of hydrogen-bond donors (Lipinski definition) is 2. The van der Waals surface area contributed by atoms with Gasteiger partial charge < -0.3 is 10.2 Å². The molecule has 3 atom stereocenters. The number of fused-ring (bicyclic) bond motifs is 1. The molecule has 3 heterocycles. The molecular weight excluding hydrogens is 431 g/mol. The van der Waals surface area contributed by atoms with Crippen molar-refractivity contribution in [3.05, 3.63) is 41.6 Å². The summed E-state index contributed by atoms with van der Waals surface area (Å²) in [5.74, 6) is 1.17. The number of hydrogen-bond acceptors (Lipinski definition) is 6. The van der Waals surface area contributed by atoms with Gasteiger partial charge in [0.2, 0.25) is 0 Å². The van der Waals surface area contributed by atoms with Gasteiger partial charge in [-0.1, -0.05) is 11.6 Å². The summed E-state index contributed by atoms with van der Waals surface area (Å²) in [6.07, 6.45) is 7.80. The number of H-pyrrole nitrogens is 1. The number of aromatic nitrogens is 4. The van der Waals surface area contributed by atoms with Crippen molar-refractivity contribution in [3.63, 3.8) is 0 Å². The number of carbonyl (C=O) groups excluding carboxylic acids is 1. The number of benzene rings is 1. The van der Waals surface area contributed by atoms with Crippen molar-refractivity contribution in [1.29, 1.82) is 0 Å². The molecule has 3 aromatic rings. The fraction of sp³-hybridized carbons (Fsp3) is 0.478. The zero-order chi connectivity index (χ0) is 22.2. The van der Waals surface area contributed by atoms with E-state index < -0.39 is 5.82 Å². The Hall–Kier alpha value is -2.74. The van der Waals surface area contributed by atoms with Crippen molar-refractivity contribution in [2.24, 2.45) is 11.8 Å². The Labute approximate surface area is 190 Å². The predicted molar refractivity (Wildman–Crippen MR) is 122 cm³/mol. The molecule has 0 amide bonds. The van der Waals surface area contributed by atoms with E-state index in [-0.39, 0.29) is 17.7 Å². The lowest BCUT2D eigenvalue weighted by Crippen LogP contribution is -2.44. The molecule has 0 spiro atoms. The number of nitrogens with one attached hydrogen (secondary N) is 2. The maximum absolute atomic E-state index is 13.8. The number of rotatable bonds is 7. The first-order valence-corrected chi connectivity index (χ1v) is 11.5. The van der Waals surface area contributed by atoms with Crippen LogP contribution < -0.4 is 10.2 Å². The molecule has 1 saturated heterocycles. The molecule has 0 unspecified atom stereocenters. The van der Waals surface area contributed by atoms with E-state index in [2.05, 4.69) is 37.3 Å². The second-order valence-corrected chi connectivity index (χ2v) is 9.50. The molecule has 1 aromatic carbocycles. The van der Waals surface area contributed by atoms with Crippen LogP contribution in [0.5, 0.6) is 0 Å². The van der Waals surface area contributed by atoms with Crippen LogP contribution in [0.15, 0.2) is 30.7 Å². The largest absolute Gasteiger partial charge is 0.375 e. The molecule has 2 aromatic heterocycles. The average Bonchev–Trinajstić information content (AvgIpc) is 3.48. The summed E-state index contributed by atoms with van der Waals surface area (Å²) >= 11 is 6.00. The van der Waals surface area contributed by atoms with Crippen LogP contribution in [0.1, 0.15) is 39.0 Å². The first-order valence-electron chi connectivity index (χ1n) is 11.1. The van der Waals surface area contributed by atoms with Gasteiger partial charge in [-0.15, -0.1) is 0 Å². The van der Waals surface area contributed by atoms with Crippen LogP contribution in [0.4, 0.5) is 15.9 Å². The van der Waals surface area contributed by atoms with Crippen LogP contribution >= 0.6 is 11.6 Å². The molecule has 5 rings (SSSR count). The quantitative estimate of drug-likeness (QED) is 0.540. The summed E-state index contributed by atoms with van der Waals surface area (Å²) in [5.41, 5.74) is 1.27. The van der Waals surface area contributed by atoms with Crippen molar-refractivity contribution in [3.8, 4) is 0 Å². The Morgan fingerprint density at radius 3 is 2.91 bits per heavy atom. The molecule has 1 aliphatic carbocycles. The minimum absolute atomic E-state index is 0.184. The van der Waals surface area contributed by atoms with E-state index in [1.54, 1.807) is 18.6 Å². The number of aromatic amines is 1. The van der Waals surface area contributed by atoms with Gasteiger partial charge in [-0.05, 0) is 62.6 Å². The molecule has 32 heavy (non-hydrogen) atoms. The second-order valence-electron chi connectivity index (χ2n) is 9.06. The standard InChI is InChI=1S/C23H26ClFN6O/c1-13-2-3-14(11-31(13)23-19-10-28-30-22(19)26-12-27-23)6-20(32)21(15-4-5-15)29-18-8-16(24)7-17(25)9-18/h7-10,12-15,21,29H,2-6,11H2,1H3,(H,26,27,28,30)/t13-,14-,21+/m0/s1. The minimum Gasteiger partial charge on any atom is -0.375 e. The molecule has 1 aliphatic heterocycles. The molecule has 2 fully saturated rings. The normalized spacial score (nSPS) is 22.2. The highest BCUT2D eigenvalue weighted by Gasteiger charge is 2.38. The van der Waals surface area contributed by atoms with Gasteiger partial charge in [0, 0.05) is 29.7 Å². The lowest BCUT2D eigenvalue weighted by Gasteiger charge is -2.39. The maximum atomic E-state index is 13.8. The van der Waals surface area contributed by atoms with Crippen molar-refractivity contribution in [1.82, 2.24) is 20.2 Å². The lowest BCUT2D eigenvalue weighted by molar-refractivity contribution is -0.121. The van der Waals surface area contributed by atoms with E-state index >= 15 is 0 Å². The highest BCUT2D eigenvalue weighted by molar-refractivity contribution is 6.30. The molecule has 1 saturated carbocycles. The van der Waals surface area contributed by atoms with Gasteiger partial charge in [-0.2, -0.15) is 5.10 Å². The maximum Gasteiger partial charge on any atom is 0.160 e. The Bertz CT molecular complexity index is 1110. The topological polar surface area (TPSA) is 86.8 Å². The third-order valence-electron chi connectivity index (χ3n) is 6.59. The first kappa shape index (κ1) is 21.1. The van der Waals surface area contributed by atoms with Gasteiger partial charge in [-0.3, -0.25) is 9.89 Å². The highest BCUT2D eigenvalue weighted by atomic mass is 35.5. The minimum atomic E-state index is -0.408. The Balaban J connectivity index is 1.30. The third kappa shape index (κ3) is 4.41. The van der Waals surface area contributed by atoms with Gasteiger partial charge in [0.15, 0.2) is 11.4 Å². The van der Waals surface area contributed by atoms with E-state index in [1.165, 1.54) is 12.1 Å². The fourth-order valence-corrected chi connectivity index (χ4v) is 4.97. The molecule has 0 radical (unpaired) electrons. The number of carbonyl (C=O) groups is 1. The van der Waals surface area contributed by atoms with Crippen LogP contribution in [0.25, 0.3) is 11.0 Å². The Kier molecular flexibility index (Phi) is 5.71. The predicted octanol–water partition coefficient (Wildman–Crippen LogP) is 4.60. The summed E-state index contributed by atoms with van der Waals surface area (Å²) in [4.78, 5) is 24.3. The molecule has 2 N–H and O–H groups in total. The van der Waals surface area contributed by atoms with Crippen molar-refractivity contribution in [2.75, 3.05) is 16.8 Å². The van der Waals surface area contributed by atoms with E-state index in [0.29, 0.717) is 34.7 Å². The van der Waals surface area contributed by atoms with Gasteiger partial charge in [-0.25, -0.2) is 14.4 Å².